The number of carbonyl (C=O) groups excluding carboxylic acids is 3. The Labute approximate surface area is 313 Å². The molecule has 3 aliphatic rings. The highest BCUT2D eigenvalue weighted by atomic mass is 16.5. The third-order valence-electron chi connectivity index (χ3n) is 10.5. The highest BCUT2D eigenvalue weighted by Crippen LogP contribution is 2.29. The number of imide groups is 1. The first-order chi connectivity index (χ1) is 26.2. The third-order valence-corrected chi connectivity index (χ3v) is 10.5. The molecule has 1 aromatic heterocycles. The first-order valence-electron chi connectivity index (χ1n) is 18.4. The Morgan fingerprint density at radius 1 is 0.778 bits per heavy atom. The third kappa shape index (κ3) is 7.75. The Morgan fingerprint density at radius 3 is 2.28 bits per heavy atom. The maximum absolute atomic E-state index is 14.2. The Morgan fingerprint density at radius 2 is 1.54 bits per heavy atom. The van der Waals surface area contributed by atoms with Crippen molar-refractivity contribution in [3.05, 3.63) is 87.5 Å². The lowest BCUT2D eigenvalue weighted by Gasteiger charge is -2.35. The van der Waals surface area contributed by atoms with E-state index in [0.717, 1.165) is 30.9 Å². The van der Waals surface area contributed by atoms with Gasteiger partial charge in [0.15, 0.2) is 11.5 Å². The summed E-state index contributed by atoms with van der Waals surface area (Å²) in [5.41, 5.74) is 2.81. The van der Waals surface area contributed by atoms with Crippen LogP contribution in [0.2, 0.25) is 0 Å². The van der Waals surface area contributed by atoms with Crippen molar-refractivity contribution in [1.29, 1.82) is 0 Å². The average Bonchev–Trinajstić information content (AvgIpc) is 3.43. The number of anilines is 1. The van der Waals surface area contributed by atoms with Crippen LogP contribution in [0.1, 0.15) is 39.0 Å². The first kappa shape index (κ1) is 36.9. The van der Waals surface area contributed by atoms with Crippen molar-refractivity contribution < 1.29 is 33.3 Å². The lowest BCUT2D eigenvalue weighted by atomic mass is 10.1. The lowest BCUT2D eigenvalue weighted by molar-refractivity contribution is -0.129. The normalized spacial score (nSPS) is 16.2. The quantitative estimate of drug-likeness (QED) is 0.188. The van der Waals surface area contributed by atoms with Crippen LogP contribution in [-0.2, 0) is 28.9 Å². The molecule has 284 valence electrons. The van der Waals surface area contributed by atoms with Crippen LogP contribution in [-0.4, -0.2) is 128 Å². The molecule has 14 nitrogen and oxygen atoms in total. The molecule has 0 saturated carbocycles. The zero-order valence-corrected chi connectivity index (χ0v) is 31.0. The minimum Gasteiger partial charge on any atom is -0.493 e. The predicted octanol–water partition coefficient (Wildman–Crippen LogP) is 2.87. The zero-order valence-electron chi connectivity index (χ0n) is 31.0. The van der Waals surface area contributed by atoms with Gasteiger partial charge >= 0.3 is 0 Å². The van der Waals surface area contributed by atoms with Gasteiger partial charge in [0, 0.05) is 77.9 Å². The van der Waals surface area contributed by atoms with Gasteiger partial charge in [-0.05, 0) is 60.5 Å². The molecule has 0 unspecified atom stereocenters. The summed E-state index contributed by atoms with van der Waals surface area (Å²) in [5.74, 6) is 1.46. The van der Waals surface area contributed by atoms with Crippen LogP contribution in [0.25, 0.3) is 10.9 Å². The summed E-state index contributed by atoms with van der Waals surface area (Å²) in [7, 11) is 3.16. The zero-order chi connectivity index (χ0) is 37.8. The number of hydrogen-bond donors (Lipinski definition) is 0. The summed E-state index contributed by atoms with van der Waals surface area (Å²) in [6.07, 6.45) is 0.674. The number of amides is 3. The van der Waals surface area contributed by atoms with Crippen LogP contribution in [0.5, 0.6) is 17.2 Å². The minimum absolute atomic E-state index is 0.0422. The molecule has 3 aromatic carbocycles. The van der Waals surface area contributed by atoms with Crippen LogP contribution in [0.4, 0.5) is 5.69 Å². The number of benzene rings is 3. The number of morpholine rings is 1. The molecule has 0 aliphatic carbocycles. The molecule has 2 saturated heterocycles. The van der Waals surface area contributed by atoms with E-state index >= 15 is 0 Å². The van der Waals surface area contributed by atoms with Crippen molar-refractivity contribution in [1.82, 2.24) is 24.3 Å². The maximum Gasteiger partial charge on any atom is 0.261 e. The van der Waals surface area contributed by atoms with Crippen LogP contribution in [0, 0.1) is 0 Å². The van der Waals surface area contributed by atoms with E-state index in [1.165, 1.54) is 4.90 Å². The van der Waals surface area contributed by atoms with Gasteiger partial charge in [0.1, 0.15) is 18.2 Å². The van der Waals surface area contributed by atoms with Gasteiger partial charge in [-0.15, -0.1) is 0 Å². The minimum atomic E-state index is -0.402. The Bertz CT molecular complexity index is 2100. The topological polar surface area (TPSA) is 136 Å². The molecule has 3 aliphatic heterocycles. The Hall–Kier alpha value is -5.47. The summed E-state index contributed by atoms with van der Waals surface area (Å²) >= 11 is 0. The molecule has 7 rings (SSSR count). The highest BCUT2D eigenvalue weighted by Gasteiger charge is 2.36. The van der Waals surface area contributed by atoms with E-state index in [-0.39, 0.29) is 30.3 Å². The summed E-state index contributed by atoms with van der Waals surface area (Å²) < 4.78 is 23.9. The van der Waals surface area contributed by atoms with Crippen LogP contribution >= 0.6 is 0 Å². The highest BCUT2D eigenvalue weighted by molar-refractivity contribution is 6.21. The van der Waals surface area contributed by atoms with Gasteiger partial charge in [-0.1, -0.05) is 6.07 Å². The van der Waals surface area contributed by atoms with Gasteiger partial charge < -0.3 is 28.7 Å². The standard InChI is InChI=1S/C40H46N6O8/c1-27(47)43-14-16-44(17-15-43)29-5-7-32-34(25-29)41-37(45(39(32)49)12-10-28-4-9-35(51-2)36(24-28)52-3)11-13-46-38(48)31-8-6-30(26-33(31)40(46)50)54-23-20-42-18-21-53-22-19-42/h4-9,24-26H,10-23H2,1-3H3. The SMILES string of the molecule is COc1ccc(CCn2c(CCN3C(=O)c4ccc(OCCN5CCOCC5)cc4C3=O)nc3cc(N4CCN(C(C)=O)CC4)ccc3c2=O)cc1OC. The van der Waals surface area contributed by atoms with Gasteiger partial charge in [-0.25, -0.2) is 4.98 Å². The number of aryl methyl sites for hydroxylation is 1. The van der Waals surface area contributed by atoms with E-state index in [1.54, 1.807) is 50.0 Å². The van der Waals surface area contributed by atoms with E-state index in [0.29, 0.717) is 104 Å². The molecular weight excluding hydrogens is 692 g/mol. The molecule has 0 atom stereocenters. The van der Waals surface area contributed by atoms with E-state index < -0.39 is 5.91 Å². The predicted molar refractivity (Wildman–Crippen MR) is 202 cm³/mol. The number of hydrogen-bond acceptors (Lipinski definition) is 11. The number of methoxy groups -OCH3 is 2. The molecule has 0 bridgehead atoms. The number of carbonyl (C=O) groups is 3. The molecule has 2 fully saturated rings. The molecule has 4 heterocycles. The maximum atomic E-state index is 14.2. The van der Waals surface area contributed by atoms with Crippen molar-refractivity contribution in [3.8, 4) is 17.2 Å². The fourth-order valence-corrected chi connectivity index (χ4v) is 7.32. The van der Waals surface area contributed by atoms with Crippen molar-refractivity contribution in [2.45, 2.75) is 26.3 Å². The summed E-state index contributed by atoms with van der Waals surface area (Å²) in [6.45, 7) is 8.81. The van der Waals surface area contributed by atoms with Crippen molar-refractivity contribution in [3.63, 3.8) is 0 Å². The number of ether oxygens (including phenoxy) is 4. The number of fused-ring (bicyclic) bond motifs is 2. The average molecular weight is 739 g/mol. The van der Waals surface area contributed by atoms with Crippen LogP contribution in [0.3, 0.4) is 0 Å². The summed E-state index contributed by atoms with van der Waals surface area (Å²) in [5, 5.41) is 0.471. The summed E-state index contributed by atoms with van der Waals surface area (Å²) in [6, 6.07) is 16.3. The van der Waals surface area contributed by atoms with E-state index in [2.05, 4.69) is 9.80 Å². The van der Waals surface area contributed by atoms with Gasteiger partial charge in [-0.3, -0.25) is 33.5 Å². The second-order valence-corrected chi connectivity index (χ2v) is 13.6. The first-order valence-corrected chi connectivity index (χ1v) is 18.4. The van der Waals surface area contributed by atoms with E-state index in [1.807, 2.05) is 35.2 Å². The number of aromatic nitrogens is 2. The molecule has 14 heteroatoms. The van der Waals surface area contributed by atoms with Gasteiger partial charge in [0.2, 0.25) is 5.91 Å². The Kier molecular flexibility index (Phi) is 11.1. The molecule has 0 N–H and O–H groups in total. The lowest BCUT2D eigenvalue weighted by Crippen LogP contribution is -2.48. The van der Waals surface area contributed by atoms with Crippen LogP contribution < -0.4 is 24.7 Å². The number of piperazine rings is 1. The molecule has 0 radical (unpaired) electrons. The van der Waals surface area contributed by atoms with E-state index in [9.17, 15) is 19.2 Å². The second-order valence-electron chi connectivity index (χ2n) is 13.6. The molecule has 4 aromatic rings. The van der Waals surface area contributed by atoms with Crippen molar-refractivity contribution in [2.75, 3.05) is 91.3 Å². The van der Waals surface area contributed by atoms with Gasteiger partial charge in [-0.2, -0.15) is 0 Å². The summed E-state index contributed by atoms with van der Waals surface area (Å²) in [4.78, 5) is 65.8. The number of nitrogens with zero attached hydrogens (tertiary/aromatic N) is 6. The Balaban J connectivity index is 1.12. The molecular formula is C40H46N6O8. The van der Waals surface area contributed by atoms with Gasteiger partial charge in [0.25, 0.3) is 17.4 Å². The second kappa shape index (κ2) is 16.3. The molecule has 54 heavy (non-hydrogen) atoms. The fraction of sp³-hybridized carbons (Fsp3) is 0.425. The van der Waals surface area contributed by atoms with E-state index in [4.69, 9.17) is 23.9 Å². The largest absolute Gasteiger partial charge is 0.493 e. The van der Waals surface area contributed by atoms with Crippen molar-refractivity contribution in [2.24, 2.45) is 0 Å². The van der Waals surface area contributed by atoms with Crippen molar-refractivity contribution >= 4 is 34.3 Å². The fourth-order valence-electron chi connectivity index (χ4n) is 7.32. The number of rotatable bonds is 13. The van der Waals surface area contributed by atoms with Crippen LogP contribution in [0.15, 0.2) is 59.4 Å². The van der Waals surface area contributed by atoms with Gasteiger partial charge in [0.05, 0.1) is 49.5 Å². The molecule has 3 amide bonds. The monoisotopic (exact) mass is 738 g/mol. The molecule has 0 spiro atoms. The smallest absolute Gasteiger partial charge is 0.261 e.